The van der Waals surface area contributed by atoms with Gasteiger partial charge in [-0.2, -0.15) is 0 Å². The predicted molar refractivity (Wildman–Crippen MR) is 144 cm³/mol. The maximum atomic E-state index is 5.87. The molecule has 1 saturated heterocycles. The summed E-state index contributed by atoms with van der Waals surface area (Å²) >= 11 is 5.87. The summed E-state index contributed by atoms with van der Waals surface area (Å²) in [6.45, 7) is 4.36. The molecule has 4 aromatic rings. The molecule has 3 heterocycles. The highest BCUT2D eigenvalue weighted by Crippen LogP contribution is 2.43. The predicted octanol–water partition coefficient (Wildman–Crippen LogP) is 5.73. The van der Waals surface area contributed by atoms with Crippen LogP contribution >= 0.6 is 12.2 Å². The van der Waals surface area contributed by atoms with Crippen LogP contribution in [0.3, 0.4) is 0 Å². The van der Waals surface area contributed by atoms with E-state index in [1.807, 2.05) is 24.4 Å². The first-order valence-electron chi connectivity index (χ1n) is 11.5. The molecule has 5 rings (SSSR count). The lowest BCUT2D eigenvalue weighted by Gasteiger charge is -2.28. The monoisotopic (exact) mass is 467 g/mol. The van der Waals surface area contributed by atoms with Gasteiger partial charge in [-0.3, -0.25) is 4.98 Å². The lowest BCUT2D eigenvalue weighted by atomic mass is 9.96. The maximum absolute atomic E-state index is 5.87. The molecule has 34 heavy (non-hydrogen) atoms. The molecule has 6 heteroatoms. The third kappa shape index (κ3) is 3.84. The SMILES string of the molecule is Cc1cc([C@@H]2[C@H](c3ccccn3)NC(=S)N2c2ccccc2)c(C)n1-c1ccc(N(C)C)cc1. The summed E-state index contributed by atoms with van der Waals surface area (Å²) in [4.78, 5) is 9.03. The molecule has 172 valence electrons. The quantitative estimate of drug-likeness (QED) is 0.379. The van der Waals surface area contributed by atoms with Crippen LogP contribution in [0.1, 0.15) is 34.7 Å². The number of hydrogen-bond acceptors (Lipinski definition) is 3. The number of para-hydroxylation sites is 1. The van der Waals surface area contributed by atoms with E-state index in [9.17, 15) is 0 Å². The molecule has 0 spiro atoms. The molecule has 0 aliphatic carbocycles. The molecule has 1 aliphatic heterocycles. The zero-order valence-electron chi connectivity index (χ0n) is 19.9. The Morgan fingerprint density at radius 1 is 0.882 bits per heavy atom. The number of aromatic nitrogens is 2. The van der Waals surface area contributed by atoms with Crippen molar-refractivity contribution in [3.05, 3.63) is 108 Å². The minimum absolute atomic E-state index is 0.0224. The van der Waals surface area contributed by atoms with E-state index < -0.39 is 0 Å². The molecule has 0 bridgehead atoms. The van der Waals surface area contributed by atoms with Gasteiger partial charge in [0.05, 0.1) is 17.8 Å². The molecule has 1 fully saturated rings. The molecule has 0 radical (unpaired) electrons. The average molecular weight is 468 g/mol. The highest BCUT2D eigenvalue weighted by Gasteiger charge is 2.42. The standard InChI is InChI=1S/C28H29N5S/c1-19-18-24(20(2)32(19)23-15-13-21(14-16-23)31(3)4)27-26(25-12-8-9-17-29-25)30-28(34)33(27)22-10-6-5-7-11-22/h5-18,26-27H,1-4H3,(H,30,34)/t26-,27+/m0/s1. The number of anilines is 2. The number of hydrogen-bond donors (Lipinski definition) is 1. The summed E-state index contributed by atoms with van der Waals surface area (Å²) < 4.78 is 2.33. The Hall–Kier alpha value is -3.64. The van der Waals surface area contributed by atoms with Gasteiger partial charge < -0.3 is 19.7 Å². The van der Waals surface area contributed by atoms with Gasteiger partial charge in [-0.15, -0.1) is 0 Å². The van der Waals surface area contributed by atoms with E-state index in [-0.39, 0.29) is 12.1 Å². The Morgan fingerprint density at radius 2 is 1.59 bits per heavy atom. The number of nitrogens with zero attached hydrogens (tertiary/aromatic N) is 4. The van der Waals surface area contributed by atoms with Crippen LogP contribution in [0.15, 0.2) is 85.1 Å². The number of thiocarbonyl (C=S) groups is 1. The summed E-state index contributed by atoms with van der Waals surface area (Å²) in [7, 11) is 4.12. The van der Waals surface area contributed by atoms with Crippen LogP contribution in [0.2, 0.25) is 0 Å². The average Bonchev–Trinajstić information content (AvgIpc) is 3.35. The van der Waals surface area contributed by atoms with Crippen LogP contribution in [-0.4, -0.2) is 28.8 Å². The second kappa shape index (κ2) is 8.95. The van der Waals surface area contributed by atoms with E-state index in [1.165, 1.54) is 22.6 Å². The normalized spacial score (nSPS) is 17.6. The van der Waals surface area contributed by atoms with Crippen LogP contribution < -0.4 is 15.1 Å². The van der Waals surface area contributed by atoms with Crippen molar-refractivity contribution in [2.24, 2.45) is 0 Å². The minimum atomic E-state index is -0.0565. The molecule has 1 N–H and O–H groups in total. The second-order valence-electron chi connectivity index (χ2n) is 8.90. The first-order valence-corrected chi connectivity index (χ1v) is 11.9. The first-order chi connectivity index (χ1) is 16.5. The van der Waals surface area contributed by atoms with Gasteiger partial charge in [-0.25, -0.2) is 0 Å². The van der Waals surface area contributed by atoms with Gasteiger partial charge in [-0.05, 0) is 86.2 Å². The van der Waals surface area contributed by atoms with E-state index in [0.717, 1.165) is 17.1 Å². The number of pyridine rings is 1. The maximum Gasteiger partial charge on any atom is 0.174 e. The summed E-state index contributed by atoms with van der Waals surface area (Å²) in [5, 5.41) is 4.28. The fourth-order valence-electron chi connectivity index (χ4n) is 4.92. The van der Waals surface area contributed by atoms with Crippen molar-refractivity contribution in [3.63, 3.8) is 0 Å². The molecule has 0 unspecified atom stereocenters. The van der Waals surface area contributed by atoms with Crippen molar-refractivity contribution in [3.8, 4) is 5.69 Å². The summed E-state index contributed by atoms with van der Waals surface area (Å²) in [5.74, 6) is 0. The van der Waals surface area contributed by atoms with Crippen molar-refractivity contribution in [2.75, 3.05) is 23.9 Å². The Morgan fingerprint density at radius 3 is 2.24 bits per heavy atom. The highest BCUT2D eigenvalue weighted by molar-refractivity contribution is 7.80. The van der Waals surface area contributed by atoms with Crippen LogP contribution in [-0.2, 0) is 0 Å². The molecule has 2 atom stereocenters. The molecular weight excluding hydrogens is 438 g/mol. The van der Waals surface area contributed by atoms with Gasteiger partial charge in [0, 0.05) is 48.7 Å². The van der Waals surface area contributed by atoms with Crippen LogP contribution in [0.4, 0.5) is 11.4 Å². The zero-order valence-corrected chi connectivity index (χ0v) is 20.8. The van der Waals surface area contributed by atoms with E-state index in [1.54, 1.807) is 0 Å². The van der Waals surface area contributed by atoms with Crippen LogP contribution in [0, 0.1) is 13.8 Å². The first kappa shape index (κ1) is 22.2. The van der Waals surface area contributed by atoms with Crippen molar-refractivity contribution in [1.29, 1.82) is 0 Å². The lowest BCUT2D eigenvalue weighted by Crippen LogP contribution is -2.29. The zero-order chi connectivity index (χ0) is 23.8. The molecular formula is C28H29N5S. The van der Waals surface area contributed by atoms with Gasteiger partial charge in [0.25, 0.3) is 0 Å². The van der Waals surface area contributed by atoms with Gasteiger partial charge >= 0.3 is 0 Å². The molecule has 5 nitrogen and oxygen atoms in total. The van der Waals surface area contributed by atoms with Crippen molar-refractivity contribution < 1.29 is 0 Å². The smallest absolute Gasteiger partial charge is 0.174 e. The number of aryl methyl sites for hydroxylation is 1. The summed E-state index contributed by atoms with van der Waals surface area (Å²) in [5.41, 5.74) is 8.02. The Kier molecular flexibility index (Phi) is 5.84. The molecule has 1 aliphatic rings. The molecule has 2 aromatic heterocycles. The van der Waals surface area contributed by atoms with Crippen LogP contribution in [0.25, 0.3) is 5.69 Å². The lowest BCUT2D eigenvalue weighted by molar-refractivity contribution is 0.565. The molecule has 0 saturated carbocycles. The van der Waals surface area contributed by atoms with E-state index in [4.69, 9.17) is 12.2 Å². The van der Waals surface area contributed by atoms with Crippen LogP contribution in [0.5, 0.6) is 0 Å². The van der Waals surface area contributed by atoms with Crippen molar-refractivity contribution in [1.82, 2.24) is 14.9 Å². The number of benzene rings is 2. The second-order valence-corrected chi connectivity index (χ2v) is 9.29. The fourth-order valence-corrected chi connectivity index (χ4v) is 5.27. The molecule has 0 amide bonds. The summed E-state index contributed by atoms with van der Waals surface area (Å²) in [6, 6.07) is 27.3. The largest absolute Gasteiger partial charge is 0.378 e. The van der Waals surface area contributed by atoms with Gasteiger partial charge in [0.1, 0.15) is 0 Å². The Balaban J connectivity index is 1.64. The minimum Gasteiger partial charge on any atom is -0.378 e. The van der Waals surface area contributed by atoms with E-state index in [0.29, 0.717) is 5.11 Å². The van der Waals surface area contributed by atoms with Crippen molar-refractivity contribution in [2.45, 2.75) is 25.9 Å². The highest BCUT2D eigenvalue weighted by atomic mass is 32.1. The van der Waals surface area contributed by atoms with Gasteiger partial charge in [-0.1, -0.05) is 24.3 Å². The van der Waals surface area contributed by atoms with E-state index >= 15 is 0 Å². The third-order valence-electron chi connectivity index (χ3n) is 6.55. The third-order valence-corrected chi connectivity index (χ3v) is 6.86. The number of rotatable bonds is 5. The Bertz CT molecular complexity index is 1300. The van der Waals surface area contributed by atoms with Gasteiger partial charge in [0.2, 0.25) is 0 Å². The summed E-state index contributed by atoms with van der Waals surface area (Å²) in [6.07, 6.45) is 1.85. The van der Waals surface area contributed by atoms with Crippen molar-refractivity contribution >= 4 is 28.7 Å². The Labute approximate surface area is 206 Å². The van der Waals surface area contributed by atoms with Gasteiger partial charge in [0.15, 0.2) is 5.11 Å². The van der Waals surface area contributed by atoms with E-state index in [2.05, 4.69) is 113 Å². The topological polar surface area (TPSA) is 36.3 Å². The fraction of sp³-hybridized carbons (Fsp3) is 0.214. The number of nitrogens with one attached hydrogen (secondary N) is 1. The molecule has 2 aromatic carbocycles.